The third-order valence-corrected chi connectivity index (χ3v) is 9.41. The number of carbonyl (C=O) groups is 1. The van der Waals surface area contributed by atoms with Gasteiger partial charge in [-0.15, -0.1) is 4.21 Å². The van der Waals surface area contributed by atoms with Crippen molar-refractivity contribution in [3.05, 3.63) is 35.6 Å². The molecule has 6 nitrogen and oxygen atoms in total. The average molecular weight is 411 g/mol. The number of hydrogen-bond acceptors (Lipinski definition) is 5. The van der Waals surface area contributed by atoms with E-state index in [1.54, 1.807) is 23.1 Å². The van der Waals surface area contributed by atoms with Crippen LogP contribution in [0.1, 0.15) is 32.3 Å². The number of fused-ring (bicyclic) bond motifs is 1. The van der Waals surface area contributed by atoms with Gasteiger partial charge in [0.1, 0.15) is 5.82 Å². The maximum atomic E-state index is 14.2. The second-order valence-corrected chi connectivity index (χ2v) is 11.2. The van der Waals surface area contributed by atoms with Crippen LogP contribution in [0.3, 0.4) is 0 Å². The van der Waals surface area contributed by atoms with Gasteiger partial charge in [0, 0.05) is 44.5 Å². The van der Waals surface area contributed by atoms with Gasteiger partial charge in [0.25, 0.3) is 5.91 Å². The molecule has 0 saturated carbocycles. The predicted octanol–water partition coefficient (Wildman–Crippen LogP) is 1.81. The molecule has 1 aromatic rings. The molecule has 0 aromatic heterocycles. The van der Waals surface area contributed by atoms with E-state index < -0.39 is 32.2 Å². The second-order valence-electron chi connectivity index (χ2n) is 8.48. The van der Waals surface area contributed by atoms with Crippen molar-refractivity contribution < 1.29 is 22.7 Å². The smallest absolute Gasteiger partial charge is 0.278 e. The van der Waals surface area contributed by atoms with Crippen LogP contribution < -0.4 is 0 Å². The van der Waals surface area contributed by atoms with E-state index in [4.69, 9.17) is 4.74 Å². The van der Waals surface area contributed by atoms with Crippen LogP contribution in [0, 0.1) is 5.82 Å². The zero-order valence-corrected chi connectivity index (χ0v) is 17.1. The van der Waals surface area contributed by atoms with Crippen LogP contribution in [0.5, 0.6) is 0 Å². The van der Waals surface area contributed by atoms with E-state index in [2.05, 4.69) is 4.90 Å². The lowest BCUT2D eigenvalue weighted by Crippen LogP contribution is -2.67. The van der Waals surface area contributed by atoms with E-state index >= 15 is 0 Å². The first kappa shape index (κ1) is 19.9. The number of ether oxygens (including phenoxy) is 1. The molecule has 3 heterocycles. The molecule has 3 saturated heterocycles. The Kier molecular flexibility index (Phi) is 5.10. The molecule has 0 aliphatic carbocycles. The number of amides is 1. The van der Waals surface area contributed by atoms with Crippen LogP contribution in [0.25, 0.3) is 0 Å². The van der Waals surface area contributed by atoms with Crippen LogP contribution >= 0.6 is 0 Å². The first-order valence-corrected chi connectivity index (χ1v) is 11.4. The highest BCUT2D eigenvalue weighted by molar-refractivity contribution is 8.00. The molecule has 3 atom stereocenters. The lowest BCUT2D eigenvalue weighted by atomic mass is 10.1. The van der Waals surface area contributed by atoms with E-state index in [-0.39, 0.29) is 18.4 Å². The average Bonchev–Trinajstić information content (AvgIpc) is 3.13. The van der Waals surface area contributed by atoms with E-state index in [1.807, 2.05) is 0 Å². The maximum Gasteiger partial charge on any atom is 0.278 e. The Labute approximate surface area is 166 Å². The van der Waals surface area contributed by atoms with Crippen molar-refractivity contribution in [1.29, 1.82) is 0 Å². The Bertz CT molecular complexity index is 811. The van der Waals surface area contributed by atoms with E-state index in [1.165, 1.54) is 19.9 Å². The quantitative estimate of drug-likeness (QED) is 0.711. The lowest BCUT2D eigenvalue weighted by molar-refractivity contribution is -0.137. The molecule has 3 aliphatic rings. The molecule has 154 valence electrons. The fourth-order valence-electron chi connectivity index (χ4n) is 4.73. The van der Waals surface area contributed by atoms with Crippen molar-refractivity contribution in [2.75, 3.05) is 26.3 Å². The predicted molar refractivity (Wildman–Crippen MR) is 103 cm³/mol. The zero-order chi connectivity index (χ0) is 20.1. The maximum absolute atomic E-state index is 14.2. The Morgan fingerprint density at radius 1 is 1.25 bits per heavy atom. The van der Waals surface area contributed by atoms with Crippen LogP contribution in [0.15, 0.2) is 24.3 Å². The van der Waals surface area contributed by atoms with E-state index in [0.29, 0.717) is 31.9 Å². The number of benzene rings is 1. The molecule has 0 N–H and O–H groups in total. The van der Waals surface area contributed by atoms with Gasteiger partial charge < -0.3 is 14.2 Å². The summed E-state index contributed by atoms with van der Waals surface area (Å²) < 4.78 is 44.7. The number of nitrogens with zero attached hydrogens (tertiary/aromatic N) is 2. The van der Waals surface area contributed by atoms with Crippen molar-refractivity contribution in [2.24, 2.45) is 0 Å². The zero-order valence-electron chi connectivity index (χ0n) is 16.3. The van der Waals surface area contributed by atoms with Gasteiger partial charge in [-0.05, 0) is 32.8 Å². The monoisotopic (exact) mass is 410 g/mol. The Balaban J connectivity index is 1.66. The molecule has 1 amide bonds. The fraction of sp³-hybridized carbons (Fsp3) is 0.650. The third-order valence-electron chi connectivity index (χ3n) is 6.56. The van der Waals surface area contributed by atoms with Crippen LogP contribution in [0.4, 0.5) is 4.39 Å². The number of likely N-dealkylation sites (tertiary alicyclic amines) is 1. The lowest BCUT2D eigenvalue weighted by Gasteiger charge is -2.47. The fourth-order valence-corrected chi connectivity index (χ4v) is 6.89. The molecular formula is C20H27FN2O4S. The molecular weight excluding hydrogens is 383 g/mol. The van der Waals surface area contributed by atoms with Gasteiger partial charge in [0.05, 0.1) is 16.3 Å². The van der Waals surface area contributed by atoms with Crippen LogP contribution in [0.2, 0.25) is 0 Å². The largest absolute Gasteiger partial charge is 0.614 e. The van der Waals surface area contributed by atoms with Crippen molar-refractivity contribution in [3.8, 4) is 0 Å². The topological polar surface area (TPSA) is 72.9 Å². The summed E-state index contributed by atoms with van der Waals surface area (Å²) in [6.07, 6.45) is 1.73. The van der Waals surface area contributed by atoms with Crippen LogP contribution in [-0.2, 0) is 30.5 Å². The van der Waals surface area contributed by atoms with Crippen molar-refractivity contribution in [1.82, 2.24) is 9.80 Å². The minimum Gasteiger partial charge on any atom is -0.614 e. The Morgan fingerprint density at radius 3 is 2.61 bits per heavy atom. The summed E-state index contributed by atoms with van der Waals surface area (Å²) in [4.78, 5) is 17.0. The summed E-state index contributed by atoms with van der Waals surface area (Å²) in [5.41, 5.74) is 0.411. The molecule has 1 unspecified atom stereocenters. The summed E-state index contributed by atoms with van der Waals surface area (Å²) in [6.45, 7) is 5.32. The van der Waals surface area contributed by atoms with Gasteiger partial charge in [-0.2, -0.15) is 0 Å². The molecule has 3 aliphatic heterocycles. The number of hydrogen-bond donors (Lipinski definition) is 0. The van der Waals surface area contributed by atoms with Gasteiger partial charge in [0.2, 0.25) is 4.75 Å². The number of rotatable bonds is 3. The van der Waals surface area contributed by atoms with Crippen molar-refractivity contribution in [3.63, 3.8) is 0 Å². The Morgan fingerprint density at radius 2 is 1.93 bits per heavy atom. The summed E-state index contributed by atoms with van der Waals surface area (Å²) in [5.74, 6) is -0.816. The molecule has 3 fully saturated rings. The second kappa shape index (κ2) is 7.16. The number of sulfone groups is 1. The van der Waals surface area contributed by atoms with Crippen molar-refractivity contribution in [2.45, 2.75) is 55.3 Å². The van der Waals surface area contributed by atoms with Gasteiger partial charge in [-0.25, -0.2) is 4.39 Å². The first-order valence-electron chi connectivity index (χ1n) is 9.83. The number of halogens is 1. The molecule has 8 heteroatoms. The summed E-state index contributed by atoms with van der Waals surface area (Å²) in [7, 11) is -3.65. The molecule has 0 bridgehead atoms. The van der Waals surface area contributed by atoms with Crippen LogP contribution in [-0.4, -0.2) is 68.6 Å². The summed E-state index contributed by atoms with van der Waals surface area (Å²) in [6, 6.07) is 6.17. The first-order chi connectivity index (χ1) is 13.2. The SMILES string of the molecule is CC1(C)C(=O)N(Cc2ccccc2F)[C@H]2CN(C3CCOCC3)C[C@H]2[S+]1(=O)[O-]. The van der Waals surface area contributed by atoms with Gasteiger partial charge in [-0.1, -0.05) is 18.2 Å². The highest BCUT2D eigenvalue weighted by Gasteiger charge is 2.64. The number of carbonyl (C=O) groups excluding carboxylic acids is 1. The molecule has 1 aromatic carbocycles. The van der Waals surface area contributed by atoms with Gasteiger partial charge in [0.15, 0.2) is 5.25 Å². The summed E-state index contributed by atoms with van der Waals surface area (Å²) >= 11 is 0. The standard InChI is InChI=1S/C20H27FN2O4S/c1-20(2)19(24)23(11-14-5-3-4-6-16(14)21)17-12-22(13-18(17)28(20,25)26)15-7-9-27-10-8-15/h3-6,15,17-18H,7-13H2,1-2H3/t17-,18+/m0/s1. The third kappa shape index (κ3) is 3.10. The van der Waals surface area contributed by atoms with Crippen molar-refractivity contribution >= 4 is 16.1 Å². The normalized spacial score (nSPS) is 33.9. The van der Waals surface area contributed by atoms with E-state index in [0.717, 1.165) is 12.8 Å². The molecule has 0 radical (unpaired) electrons. The highest BCUT2D eigenvalue weighted by atomic mass is 32.3. The van der Waals surface area contributed by atoms with Gasteiger partial charge >= 0.3 is 0 Å². The Hall–Kier alpha value is -1.35. The van der Waals surface area contributed by atoms with E-state index in [9.17, 15) is 17.9 Å². The minimum absolute atomic E-state index is 0.0905. The minimum atomic E-state index is -3.65. The van der Waals surface area contributed by atoms with Gasteiger partial charge in [-0.3, -0.25) is 9.69 Å². The molecule has 0 spiro atoms. The molecule has 28 heavy (non-hydrogen) atoms. The summed E-state index contributed by atoms with van der Waals surface area (Å²) in [5, 5.41) is -0.644. The highest BCUT2D eigenvalue weighted by Crippen LogP contribution is 2.42. The molecule has 4 rings (SSSR count).